The predicted octanol–water partition coefficient (Wildman–Crippen LogP) is 3.90. The fraction of sp³-hybridized carbons (Fsp3) is 0.348. The van der Waals surface area contributed by atoms with E-state index >= 15 is 0 Å². The monoisotopic (exact) mass is 393 g/mol. The highest BCUT2D eigenvalue weighted by molar-refractivity contribution is 6.04. The molecular weight excluding hydrogens is 366 g/mol. The topological polar surface area (TPSA) is 78.5 Å². The molecular formula is C23H27N3O3. The highest BCUT2D eigenvalue weighted by Gasteiger charge is 2.35. The number of hydrogen-bond acceptors (Lipinski definition) is 3. The van der Waals surface area contributed by atoms with Crippen molar-refractivity contribution in [2.24, 2.45) is 5.92 Å². The molecule has 0 aromatic heterocycles. The fourth-order valence-electron chi connectivity index (χ4n) is 3.46. The number of nitrogens with zero attached hydrogens (tertiary/aromatic N) is 1. The Morgan fingerprint density at radius 3 is 2.45 bits per heavy atom. The molecule has 0 spiro atoms. The highest BCUT2D eigenvalue weighted by atomic mass is 16.2. The molecule has 1 aliphatic heterocycles. The van der Waals surface area contributed by atoms with E-state index in [0.29, 0.717) is 24.3 Å². The molecule has 2 aromatic carbocycles. The molecule has 1 fully saturated rings. The lowest BCUT2D eigenvalue weighted by Crippen LogP contribution is -2.28. The van der Waals surface area contributed by atoms with E-state index in [1.807, 2.05) is 31.2 Å². The Morgan fingerprint density at radius 1 is 1.07 bits per heavy atom. The Kier molecular flexibility index (Phi) is 6.32. The fourth-order valence-corrected chi connectivity index (χ4v) is 3.46. The van der Waals surface area contributed by atoms with Crippen LogP contribution in [0.15, 0.2) is 42.5 Å². The Morgan fingerprint density at radius 2 is 1.76 bits per heavy atom. The van der Waals surface area contributed by atoms with Gasteiger partial charge in [-0.2, -0.15) is 0 Å². The largest absolute Gasteiger partial charge is 0.326 e. The number of hydrogen-bond donors (Lipinski definition) is 2. The molecule has 3 rings (SSSR count). The van der Waals surface area contributed by atoms with Gasteiger partial charge in [0.1, 0.15) is 0 Å². The number of carbonyl (C=O) groups excluding carboxylic acids is 3. The molecule has 1 aliphatic rings. The van der Waals surface area contributed by atoms with Crippen LogP contribution in [0.1, 0.15) is 37.8 Å². The Hall–Kier alpha value is -3.15. The summed E-state index contributed by atoms with van der Waals surface area (Å²) < 4.78 is 0. The summed E-state index contributed by atoms with van der Waals surface area (Å²) in [5.74, 6) is -0.724. The molecule has 0 saturated carbocycles. The quantitative estimate of drug-likeness (QED) is 0.781. The van der Waals surface area contributed by atoms with Crippen molar-refractivity contribution in [2.45, 2.75) is 40.0 Å². The number of rotatable bonds is 6. The Bertz CT molecular complexity index is 939. The zero-order valence-electron chi connectivity index (χ0n) is 17.1. The molecule has 2 aromatic rings. The standard InChI is InChI=1S/C23H27N3O3/c1-4-16-8-6-9-18(12-16)26-14-17(13-22(26)28)23(29)25-20-11-7-10-19(15(20)3)24-21(27)5-2/h6-12,17H,4-5,13-14H2,1-3H3,(H,24,27)(H,25,29). The zero-order chi connectivity index (χ0) is 21.0. The van der Waals surface area contributed by atoms with Crippen molar-refractivity contribution in [3.05, 3.63) is 53.6 Å². The number of aryl methyl sites for hydroxylation is 1. The first-order valence-corrected chi connectivity index (χ1v) is 10.0. The van der Waals surface area contributed by atoms with Crippen molar-refractivity contribution in [1.82, 2.24) is 0 Å². The van der Waals surface area contributed by atoms with Crippen LogP contribution in [0.3, 0.4) is 0 Å². The predicted molar refractivity (Wildman–Crippen MR) is 115 cm³/mol. The van der Waals surface area contributed by atoms with Crippen LogP contribution in [-0.4, -0.2) is 24.3 Å². The molecule has 6 nitrogen and oxygen atoms in total. The molecule has 0 radical (unpaired) electrons. The van der Waals surface area contributed by atoms with Crippen LogP contribution in [0.25, 0.3) is 0 Å². The van der Waals surface area contributed by atoms with Crippen LogP contribution in [0.5, 0.6) is 0 Å². The first kappa shape index (κ1) is 20.6. The molecule has 1 saturated heterocycles. The van der Waals surface area contributed by atoms with Crippen LogP contribution in [-0.2, 0) is 20.8 Å². The van der Waals surface area contributed by atoms with Gasteiger partial charge in [0.05, 0.1) is 5.92 Å². The van der Waals surface area contributed by atoms with Gasteiger partial charge in [-0.05, 0) is 48.7 Å². The minimum atomic E-state index is -0.416. The van der Waals surface area contributed by atoms with E-state index < -0.39 is 5.92 Å². The van der Waals surface area contributed by atoms with Crippen LogP contribution in [0.2, 0.25) is 0 Å². The van der Waals surface area contributed by atoms with Crippen LogP contribution < -0.4 is 15.5 Å². The molecule has 0 aliphatic carbocycles. The lowest BCUT2D eigenvalue weighted by Gasteiger charge is -2.18. The van der Waals surface area contributed by atoms with Gasteiger partial charge in [-0.15, -0.1) is 0 Å². The average Bonchev–Trinajstić information content (AvgIpc) is 3.12. The summed E-state index contributed by atoms with van der Waals surface area (Å²) >= 11 is 0. The maximum Gasteiger partial charge on any atom is 0.229 e. The smallest absolute Gasteiger partial charge is 0.229 e. The van der Waals surface area contributed by atoms with E-state index in [1.54, 1.807) is 30.0 Å². The van der Waals surface area contributed by atoms with E-state index in [2.05, 4.69) is 17.6 Å². The van der Waals surface area contributed by atoms with Crippen molar-refractivity contribution in [3.8, 4) is 0 Å². The van der Waals surface area contributed by atoms with Gasteiger partial charge >= 0.3 is 0 Å². The number of nitrogens with one attached hydrogen (secondary N) is 2. The SMILES string of the molecule is CCC(=O)Nc1cccc(NC(=O)C2CC(=O)N(c3cccc(CC)c3)C2)c1C. The third-order valence-electron chi connectivity index (χ3n) is 5.31. The van der Waals surface area contributed by atoms with Gasteiger partial charge in [-0.1, -0.05) is 32.0 Å². The van der Waals surface area contributed by atoms with Gasteiger partial charge in [0, 0.05) is 36.4 Å². The second-order valence-electron chi connectivity index (χ2n) is 7.30. The van der Waals surface area contributed by atoms with E-state index in [0.717, 1.165) is 23.2 Å². The second kappa shape index (κ2) is 8.90. The normalized spacial score (nSPS) is 16.0. The molecule has 2 N–H and O–H groups in total. The van der Waals surface area contributed by atoms with Crippen molar-refractivity contribution in [3.63, 3.8) is 0 Å². The summed E-state index contributed by atoms with van der Waals surface area (Å²) in [4.78, 5) is 38.7. The maximum atomic E-state index is 12.8. The molecule has 1 heterocycles. The minimum Gasteiger partial charge on any atom is -0.326 e. The van der Waals surface area contributed by atoms with Crippen LogP contribution in [0, 0.1) is 12.8 Å². The number of benzene rings is 2. The molecule has 6 heteroatoms. The minimum absolute atomic E-state index is 0.0425. The van der Waals surface area contributed by atoms with Gasteiger partial charge in [0.25, 0.3) is 0 Å². The summed E-state index contributed by atoms with van der Waals surface area (Å²) in [5, 5.41) is 5.77. The van der Waals surface area contributed by atoms with Crippen molar-refractivity contribution in [2.75, 3.05) is 22.1 Å². The summed E-state index contributed by atoms with van der Waals surface area (Å²) in [6, 6.07) is 13.3. The van der Waals surface area contributed by atoms with Gasteiger partial charge in [0.2, 0.25) is 17.7 Å². The molecule has 3 amide bonds. The third-order valence-corrected chi connectivity index (χ3v) is 5.31. The van der Waals surface area contributed by atoms with E-state index in [-0.39, 0.29) is 24.1 Å². The van der Waals surface area contributed by atoms with Crippen LogP contribution >= 0.6 is 0 Å². The summed E-state index contributed by atoms with van der Waals surface area (Å²) in [6.07, 6.45) is 1.47. The number of carbonyl (C=O) groups is 3. The molecule has 152 valence electrons. The van der Waals surface area contributed by atoms with Gasteiger partial charge in [-0.3, -0.25) is 14.4 Å². The maximum absolute atomic E-state index is 12.8. The second-order valence-corrected chi connectivity index (χ2v) is 7.30. The Labute approximate surface area is 171 Å². The molecule has 1 unspecified atom stereocenters. The number of anilines is 3. The van der Waals surface area contributed by atoms with E-state index in [1.165, 1.54) is 0 Å². The van der Waals surface area contributed by atoms with Crippen molar-refractivity contribution < 1.29 is 14.4 Å². The van der Waals surface area contributed by atoms with Gasteiger partial charge in [-0.25, -0.2) is 0 Å². The lowest BCUT2D eigenvalue weighted by atomic mass is 10.1. The first-order chi connectivity index (χ1) is 13.9. The molecule has 1 atom stereocenters. The van der Waals surface area contributed by atoms with Gasteiger partial charge in [0.15, 0.2) is 0 Å². The van der Waals surface area contributed by atoms with Crippen LogP contribution in [0.4, 0.5) is 17.1 Å². The molecule has 29 heavy (non-hydrogen) atoms. The molecule has 0 bridgehead atoms. The summed E-state index contributed by atoms with van der Waals surface area (Å²) in [7, 11) is 0. The van der Waals surface area contributed by atoms with Crippen molar-refractivity contribution in [1.29, 1.82) is 0 Å². The van der Waals surface area contributed by atoms with E-state index in [9.17, 15) is 14.4 Å². The van der Waals surface area contributed by atoms with Gasteiger partial charge < -0.3 is 15.5 Å². The van der Waals surface area contributed by atoms with E-state index in [4.69, 9.17) is 0 Å². The lowest BCUT2D eigenvalue weighted by molar-refractivity contribution is -0.122. The van der Waals surface area contributed by atoms with Crippen molar-refractivity contribution >= 4 is 34.8 Å². The first-order valence-electron chi connectivity index (χ1n) is 10.0. The summed E-state index contributed by atoms with van der Waals surface area (Å²) in [6.45, 7) is 6.07. The number of amides is 3. The highest BCUT2D eigenvalue weighted by Crippen LogP contribution is 2.28. The average molecular weight is 393 g/mol. The Balaban J connectivity index is 1.71. The third kappa shape index (κ3) is 4.65. The zero-order valence-corrected chi connectivity index (χ0v) is 17.1. The summed E-state index contributed by atoms with van der Waals surface area (Å²) in [5.41, 5.74) is 4.10.